The van der Waals surface area contributed by atoms with Crippen molar-refractivity contribution in [3.63, 3.8) is 0 Å². The van der Waals surface area contributed by atoms with Gasteiger partial charge in [-0.05, 0) is 20.8 Å². The Morgan fingerprint density at radius 1 is 1.56 bits per heavy atom. The lowest BCUT2D eigenvalue weighted by molar-refractivity contribution is -0.0690. The summed E-state index contributed by atoms with van der Waals surface area (Å²) in [6.45, 7) is 7.25. The largest absolute Gasteiger partial charge is 0.444 e. The standard InChI is InChI=1S/C12H20N2O4/c1-12(2,3)18-11(15)14-5-7-17-10(8-14)9-16-6-4-13/h10H,5-9H2,1-3H3. The molecule has 1 heterocycles. The van der Waals surface area contributed by atoms with E-state index in [2.05, 4.69) is 0 Å². The molecule has 1 atom stereocenters. The van der Waals surface area contributed by atoms with Crippen LogP contribution in [0.2, 0.25) is 0 Å². The quantitative estimate of drug-likeness (QED) is 0.709. The summed E-state index contributed by atoms with van der Waals surface area (Å²) >= 11 is 0. The molecule has 0 radical (unpaired) electrons. The van der Waals surface area contributed by atoms with E-state index in [-0.39, 0.29) is 18.8 Å². The Morgan fingerprint density at radius 2 is 2.28 bits per heavy atom. The van der Waals surface area contributed by atoms with Crippen molar-refractivity contribution in [3.8, 4) is 6.07 Å². The lowest BCUT2D eigenvalue weighted by atomic mass is 10.2. The van der Waals surface area contributed by atoms with Crippen LogP contribution in [0.25, 0.3) is 0 Å². The molecule has 18 heavy (non-hydrogen) atoms. The van der Waals surface area contributed by atoms with E-state index in [4.69, 9.17) is 19.5 Å². The van der Waals surface area contributed by atoms with Gasteiger partial charge in [-0.2, -0.15) is 5.26 Å². The second kappa shape index (κ2) is 6.57. The number of nitrogens with zero attached hydrogens (tertiary/aromatic N) is 2. The normalized spacial score (nSPS) is 20.3. The summed E-state index contributed by atoms with van der Waals surface area (Å²) in [7, 11) is 0. The van der Waals surface area contributed by atoms with E-state index in [0.29, 0.717) is 26.3 Å². The van der Waals surface area contributed by atoms with Crippen molar-refractivity contribution in [1.82, 2.24) is 4.90 Å². The first-order valence-electron chi connectivity index (χ1n) is 5.96. The second-order valence-electron chi connectivity index (χ2n) is 5.09. The number of morpholine rings is 1. The number of ether oxygens (including phenoxy) is 3. The molecule has 0 aromatic heterocycles. The van der Waals surface area contributed by atoms with Crippen LogP contribution in [-0.2, 0) is 14.2 Å². The van der Waals surface area contributed by atoms with Gasteiger partial charge in [0.1, 0.15) is 12.2 Å². The van der Waals surface area contributed by atoms with Crippen molar-refractivity contribution < 1.29 is 19.0 Å². The number of amides is 1. The van der Waals surface area contributed by atoms with E-state index in [9.17, 15) is 4.79 Å². The summed E-state index contributed by atoms with van der Waals surface area (Å²) in [6, 6.07) is 1.89. The van der Waals surface area contributed by atoms with Crippen LogP contribution in [0.1, 0.15) is 20.8 Å². The fraction of sp³-hybridized carbons (Fsp3) is 0.833. The topological polar surface area (TPSA) is 71.8 Å². The number of rotatable bonds is 3. The maximum atomic E-state index is 11.8. The molecule has 0 aromatic carbocycles. The SMILES string of the molecule is CC(C)(C)OC(=O)N1CCOC(COCC#N)C1. The van der Waals surface area contributed by atoms with Crippen LogP contribution in [0.15, 0.2) is 0 Å². The molecule has 1 saturated heterocycles. The van der Waals surface area contributed by atoms with Crippen LogP contribution < -0.4 is 0 Å². The minimum absolute atomic E-state index is 0.0340. The van der Waals surface area contributed by atoms with Gasteiger partial charge in [0.2, 0.25) is 0 Å². The Balaban J connectivity index is 2.39. The molecule has 1 aliphatic rings. The summed E-state index contributed by atoms with van der Waals surface area (Å²) in [4.78, 5) is 13.5. The van der Waals surface area contributed by atoms with Crippen molar-refractivity contribution in [2.75, 3.05) is 32.9 Å². The first-order valence-corrected chi connectivity index (χ1v) is 5.96. The Kier molecular flexibility index (Phi) is 5.38. The predicted molar refractivity (Wildman–Crippen MR) is 64.0 cm³/mol. The van der Waals surface area contributed by atoms with Gasteiger partial charge in [0.25, 0.3) is 0 Å². The summed E-state index contributed by atoms with van der Waals surface area (Å²) in [5.74, 6) is 0. The van der Waals surface area contributed by atoms with E-state index in [1.807, 2.05) is 26.8 Å². The molecule has 102 valence electrons. The minimum Gasteiger partial charge on any atom is -0.444 e. The number of carbonyl (C=O) groups is 1. The maximum Gasteiger partial charge on any atom is 0.410 e. The predicted octanol–water partition coefficient (Wildman–Crippen LogP) is 1.16. The highest BCUT2D eigenvalue weighted by Gasteiger charge is 2.28. The molecular weight excluding hydrogens is 236 g/mol. The molecule has 6 nitrogen and oxygen atoms in total. The van der Waals surface area contributed by atoms with E-state index in [1.165, 1.54) is 0 Å². The molecule has 0 N–H and O–H groups in total. The van der Waals surface area contributed by atoms with Gasteiger partial charge >= 0.3 is 6.09 Å². The maximum absolute atomic E-state index is 11.8. The molecule has 1 unspecified atom stereocenters. The van der Waals surface area contributed by atoms with Crippen molar-refractivity contribution in [3.05, 3.63) is 0 Å². The zero-order valence-corrected chi connectivity index (χ0v) is 11.1. The monoisotopic (exact) mass is 256 g/mol. The molecule has 0 spiro atoms. The van der Waals surface area contributed by atoms with Crippen LogP contribution >= 0.6 is 0 Å². The summed E-state index contributed by atoms with van der Waals surface area (Å²) in [6.07, 6.45) is -0.532. The average molecular weight is 256 g/mol. The second-order valence-corrected chi connectivity index (χ2v) is 5.09. The number of carbonyl (C=O) groups excluding carboxylic acids is 1. The lowest BCUT2D eigenvalue weighted by Gasteiger charge is -2.33. The fourth-order valence-corrected chi connectivity index (χ4v) is 1.55. The zero-order chi connectivity index (χ0) is 13.6. The van der Waals surface area contributed by atoms with E-state index in [1.54, 1.807) is 4.90 Å². The van der Waals surface area contributed by atoms with Gasteiger partial charge in [-0.1, -0.05) is 0 Å². The van der Waals surface area contributed by atoms with E-state index < -0.39 is 5.60 Å². The Labute approximate surface area is 107 Å². The van der Waals surface area contributed by atoms with Crippen LogP contribution in [0, 0.1) is 11.3 Å². The van der Waals surface area contributed by atoms with Gasteiger partial charge < -0.3 is 19.1 Å². The van der Waals surface area contributed by atoms with Gasteiger partial charge in [0.15, 0.2) is 0 Å². The van der Waals surface area contributed by atoms with E-state index in [0.717, 1.165) is 0 Å². The molecule has 1 aliphatic heterocycles. The van der Waals surface area contributed by atoms with Gasteiger partial charge in [0, 0.05) is 6.54 Å². The third-order valence-corrected chi connectivity index (χ3v) is 2.26. The zero-order valence-electron chi connectivity index (χ0n) is 11.1. The smallest absolute Gasteiger partial charge is 0.410 e. The molecule has 1 amide bonds. The molecule has 0 bridgehead atoms. The summed E-state index contributed by atoms with van der Waals surface area (Å²) in [5.41, 5.74) is -0.498. The molecule has 0 aliphatic carbocycles. The Hall–Kier alpha value is -1.32. The molecular formula is C12H20N2O4. The van der Waals surface area contributed by atoms with Gasteiger partial charge in [0.05, 0.1) is 31.9 Å². The third-order valence-electron chi connectivity index (χ3n) is 2.26. The van der Waals surface area contributed by atoms with Crippen molar-refractivity contribution in [2.45, 2.75) is 32.5 Å². The molecule has 1 fully saturated rings. The van der Waals surface area contributed by atoms with E-state index >= 15 is 0 Å². The summed E-state index contributed by atoms with van der Waals surface area (Å²) in [5, 5.41) is 8.36. The Morgan fingerprint density at radius 3 is 2.89 bits per heavy atom. The van der Waals surface area contributed by atoms with Crippen molar-refractivity contribution >= 4 is 6.09 Å². The highest BCUT2D eigenvalue weighted by atomic mass is 16.6. The highest BCUT2D eigenvalue weighted by Crippen LogP contribution is 2.13. The Bertz CT molecular complexity index is 319. The minimum atomic E-state index is -0.498. The van der Waals surface area contributed by atoms with Gasteiger partial charge in [-0.3, -0.25) is 0 Å². The van der Waals surface area contributed by atoms with Crippen LogP contribution in [0.3, 0.4) is 0 Å². The molecule has 0 saturated carbocycles. The summed E-state index contributed by atoms with van der Waals surface area (Å²) < 4.78 is 15.8. The number of hydrogen-bond donors (Lipinski definition) is 0. The van der Waals surface area contributed by atoms with Crippen molar-refractivity contribution in [2.24, 2.45) is 0 Å². The first kappa shape index (κ1) is 14.7. The average Bonchev–Trinajstić information content (AvgIpc) is 2.27. The lowest BCUT2D eigenvalue weighted by Crippen LogP contribution is -2.48. The molecule has 6 heteroatoms. The number of hydrogen-bond acceptors (Lipinski definition) is 5. The van der Waals surface area contributed by atoms with Crippen molar-refractivity contribution in [1.29, 1.82) is 5.26 Å². The first-order chi connectivity index (χ1) is 8.42. The van der Waals surface area contributed by atoms with Crippen LogP contribution in [0.5, 0.6) is 0 Å². The number of nitriles is 1. The van der Waals surface area contributed by atoms with Gasteiger partial charge in [-0.15, -0.1) is 0 Å². The third kappa shape index (κ3) is 5.34. The van der Waals surface area contributed by atoms with Crippen LogP contribution in [-0.4, -0.2) is 55.6 Å². The highest BCUT2D eigenvalue weighted by molar-refractivity contribution is 5.68. The van der Waals surface area contributed by atoms with Crippen LogP contribution in [0.4, 0.5) is 4.79 Å². The van der Waals surface area contributed by atoms with Gasteiger partial charge in [-0.25, -0.2) is 4.79 Å². The fourth-order valence-electron chi connectivity index (χ4n) is 1.55. The molecule has 0 aromatic rings. The molecule has 1 rings (SSSR count).